The summed E-state index contributed by atoms with van der Waals surface area (Å²) < 4.78 is 0. The quantitative estimate of drug-likeness (QED) is 0.701. The minimum absolute atomic E-state index is 0.0126. The van der Waals surface area contributed by atoms with Crippen LogP contribution >= 0.6 is 0 Å². The van der Waals surface area contributed by atoms with E-state index in [9.17, 15) is 14.4 Å². The van der Waals surface area contributed by atoms with Crippen molar-refractivity contribution in [2.24, 2.45) is 11.8 Å². The van der Waals surface area contributed by atoms with Gasteiger partial charge in [0.2, 0.25) is 17.7 Å². The molecule has 0 aromatic heterocycles. The van der Waals surface area contributed by atoms with Gasteiger partial charge < -0.3 is 4.90 Å². The van der Waals surface area contributed by atoms with Gasteiger partial charge in [-0.15, -0.1) is 0 Å². The molecule has 2 saturated heterocycles. The van der Waals surface area contributed by atoms with Crippen molar-refractivity contribution < 1.29 is 14.4 Å². The minimum Gasteiger partial charge on any atom is -0.340 e. The molecule has 3 amide bonds. The molecule has 2 heterocycles. The molecule has 2 fully saturated rings. The molecular weight excluding hydrogens is 402 g/mol. The van der Waals surface area contributed by atoms with Gasteiger partial charge in [0.05, 0.1) is 11.8 Å². The van der Waals surface area contributed by atoms with Crippen LogP contribution in [-0.4, -0.2) is 71.7 Å². The van der Waals surface area contributed by atoms with Crippen molar-refractivity contribution in [3.05, 3.63) is 70.8 Å². The van der Waals surface area contributed by atoms with Gasteiger partial charge >= 0.3 is 0 Å². The molecule has 5 aliphatic rings. The summed E-state index contributed by atoms with van der Waals surface area (Å²) in [5.41, 5.74) is 4.84. The molecule has 2 atom stereocenters. The first-order valence-electron chi connectivity index (χ1n) is 11.6. The van der Waals surface area contributed by atoms with Crippen molar-refractivity contribution in [1.29, 1.82) is 0 Å². The monoisotopic (exact) mass is 429 g/mol. The van der Waals surface area contributed by atoms with E-state index in [4.69, 9.17) is 0 Å². The van der Waals surface area contributed by atoms with Gasteiger partial charge in [-0.3, -0.25) is 24.2 Å². The maximum Gasteiger partial charge on any atom is 0.234 e. The van der Waals surface area contributed by atoms with Crippen molar-refractivity contribution in [2.75, 3.05) is 39.3 Å². The van der Waals surface area contributed by atoms with Crippen LogP contribution in [0.25, 0.3) is 0 Å². The Morgan fingerprint density at radius 2 is 1.19 bits per heavy atom. The Bertz CT molecular complexity index is 1010. The molecule has 0 spiro atoms. The van der Waals surface area contributed by atoms with E-state index in [0.29, 0.717) is 26.2 Å². The average molecular weight is 430 g/mol. The number of amides is 3. The highest BCUT2D eigenvalue weighted by atomic mass is 16.2. The lowest BCUT2D eigenvalue weighted by atomic mass is 9.55. The SMILES string of the molecule is CC(=O)N1CCN(CCN2C(=O)[C@H]3C4c5ccccc5C(c5ccccc54)[C@@H]3C2=O)CC1. The summed E-state index contributed by atoms with van der Waals surface area (Å²) in [5.74, 6) is -0.606. The smallest absolute Gasteiger partial charge is 0.234 e. The lowest BCUT2D eigenvalue weighted by Gasteiger charge is -2.45. The fraction of sp³-hybridized carbons (Fsp3) is 0.423. The first kappa shape index (κ1) is 19.7. The van der Waals surface area contributed by atoms with E-state index in [0.717, 1.165) is 13.1 Å². The van der Waals surface area contributed by atoms with E-state index in [-0.39, 0.29) is 41.4 Å². The third-order valence-corrected chi connectivity index (χ3v) is 8.00. The highest BCUT2D eigenvalue weighted by Crippen LogP contribution is 2.60. The van der Waals surface area contributed by atoms with Gasteiger partial charge in [0.1, 0.15) is 0 Å². The van der Waals surface area contributed by atoms with E-state index >= 15 is 0 Å². The highest BCUT2D eigenvalue weighted by molar-refractivity contribution is 6.07. The number of likely N-dealkylation sites (tertiary alicyclic amines) is 1. The molecule has 6 nitrogen and oxygen atoms in total. The molecule has 32 heavy (non-hydrogen) atoms. The molecule has 2 aromatic rings. The molecular formula is C26H27N3O3. The number of benzene rings is 2. The maximum atomic E-state index is 13.6. The Morgan fingerprint density at radius 1 is 0.750 bits per heavy atom. The van der Waals surface area contributed by atoms with Gasteiger partial charge in [-0.1, -0.05) is 48.5 Å². The molecule has 2 bridgehead atoms. The fourth-order valence-corrected chi connectivity index (χ4v) is 6.49. The van der Waals surface area contributed by atoms with E-state index in [1.165, 1.54) is 27.2 Å². The number of piperazine rings is 1. The predicted molar refractivity (Wildman–Crippen MR) is 119 cm³/mol. The minimum atomic E-state index is -0.299. The number of hydrogen-bond acceptors (Lipinski definition) is 4. The maximum absolute atomic E-state index is 13.6. The molecule has 0 saturated carbocycles. The largest absolute Gasteiger partial charge is 0.340 e. The second kappa shape index (κ2) is 7.27. The van der Waals surface area contributed by atoms with Crippen molar-refractivity contribution in [1.82, 2.24) is 14.7 Å². The molecule has 3 aliphatic carbocycles. The van der Waals surface area contributed by atoms with E-state index in [1.54, 1.807) is 6.92 Å². The Balaban J connectivity index is 1.27. The van der Waals surface area contributed by atoms with E-state index < -0.39 is 0 Å². The molecule has 0 radical (unpaired) electrons. The summed E-state index contributed by atoms with van der Waals surface area (Å²) in [5, 5.41) is 0. The molecule has 7 rings (SSSR count). The van der Waals surface area contributed by atoms with Crippen LogP contribution in [0.1, 0.15) is 41.0 Å². The normalized spacial score (nSPS) is 28.5. The molecule has 2 aliphatic heterocycles. The van der Waals surface area contributed by atoms with Crippen LogP contribution in [0.15, 0.2) is 48.5 Å². The van der Waals surface area contributed by atoms with Crippen molar-refractivity contribution in [3.8, 4) is 0 Å². The highest BCUT2D eigenvalue weighted by Gasteiger charge is 2.61. The van der Waals surface area contributed by atoms with Crippen LogP contribution in [0, 0.1) is 11.8 Å². The van der Waals surface area contributed by atoms with E-state index in [1.807, 2.05) is 29.2 Å². The first-order valence-corrected chi connectivity index (χ1v) is 11.6. The molecule has 0 unspecified atom stereocenters. The number of hydrogen-bond donors (Lipinski definition) is 0. The number of carbonyl (C=O) groups is 3. The van der Waals surface area contributed by atoms with Gasteiger partial charge in [-0.05, 0) is 22.3 Å². The second-order valence-electron chi connectivity index (χ2n) is 9.44. The average Bonchev–Trinajstić information content (AvgIpc) is 3.08. The van der Waals surface area contributed by atoms with Gasteiger partial charge in [-0.2, -0.15) is 0 Å². The zero-order valence-corrected chi connectivity index (χ0v) is 18.2. The number of imide groups is 1. The topological polar surface area (TPSA) is 60.9 Å². The van der Waals surface area contributed by atoms with Gasteiger partial charge in [0.15, 0.2) is 0 Å². The molecule has 2 aromatic carbocycles. The van der Waals surface area contributed by atoms with Crippen LogP contribution in [0.4, 0.5) is 0 Å². The van der Waals surface area contributed by atoms with Crippen LogP contribution in [0.2, 0.25) is 0 Å². The Labute approximate surface area is 187 Å². The van der Waals surface area contributed by atoms with Crippen molar-refractivity contribution in [2.45, 2.75) is 18.8 Å². The molecule has 164 valence electrons. The van der Waals surface area contributed by atoms with Crippen LogP contribution in [0.3, 0.4) is 0 Å². The summed E-state index contributed by atoms with van der Waals surface area (Å²) in [6.45, 7) is 5.67. The fourth-order valence-electron chi connectivity index (χ4n) is 6.49. The standard InChI is InChI=1S/C26H27N3O3/c1-16(30)28-13-10-27(11-14-28)12-15-29-25(31)23-21-17-6-2-3-7-18(17)22(24(23)26(29)32)20-9-5-4-8-19(20)21/h2-9,21-24H,10-15H2,1H3/t21?,22?,23-,24-/m0/s1. The summed E-state index contributed by atoms with van der Waals surface area (Å²) in [6, 6.07) is 16.7. The number of nitrogens with zero attached hydrogens (tertiary/aromatic N) is 3. The van der Waals surface area contributed by atoms with Gasteiger partial charge in [-0.25, -0.2) is 0 Å². The predicted octanol–water partition coefficient (Wildman–Crippen LogP) is 2.04. The molecule has 0 N–H and O–H groups in total. The Morgan fingerprint density at radius 3 is 1.59 bits per heavy atom. The van der Waals surface area contributed by atoms with Crippen LogP contribution in [-0.2, 0) is 14.4 Å². The summed E-state index contributed by atoms with van der Waals surface area (Å²) in [4.78, 5) is 44.4. The van der Waals surface area contributed by atoms with E-state index in [2.05, 4.69) is 29.2 Å². The first-order chi connectivity index (χ1) is 15.6. The third-order valence-electron chi connectivity index (χ3n) is 8.00. The van der Waals surface area contributed by atoms with Gasteiger partial charge in [0.25, 0.3) is 0 Å². The van der Waals surface area contributed by atoms with Crippen molar-refractivity contribution in [3.63, 3.8) is 0 Å². The zero-order valence-electron chi connectivity index (χ0n) is 18.2. The molecule has 6 heteroatoms. The summed E-state index contributed by atoms with van der Waals surface area (Å²) in [7, 11) is 0. The number of rotatable bonds is 3. The van der Waals surface area contributed by atoms with Crippen LogP contribution in [0.5, 0.6) is 0 Å². The Kier molecular flexibility index (Phi) is 4.47. The Hall–Kier alpha value is -2.99. The summed E-state index contributed by atoms with van der Waals surface area (Å²) >= 11 is 0. The van der Waals surface area contributed by atoms with Gasteiger partial charge in [0, 0.05) is 58.0 Å². The van der Waals surface area contributed by atoms with Crippen molar-refractivity contribution >= 4 is 17.7 Å². The lowest BCUT2D eigenvalue weighted by molar-refractivity contribution is -0.140. The third kappa shape index (κ3) is 2.72. The lowest BCUT2D eigenvalue weighted by Crippen LogP contribution is -2.50. The zero-order chi connectivity index (χ0) is 22.0. The second-order valence-corrected chi connectivity index (χ2v) is 9.44. The van der Waals surface area contributed by atoms with Crippen LogP contribution < -0.4 is 0 Å². The summed E-state index contributed by atoms with van der Waals surface area (Å²) in [6.07, 6.45) is 0. The number of carbonyl (C=O) groups excluding carboxylic acids is 3.